The Morgan fingerprint density at radius 1 is 0.352 bits per heavy atom. The Morgan fingerprint density at radius 2 is 0.611 bits per heavy atom. The maximum Gasteiger partial charge on any atom is 0.193 e. The van der Waals surface area contributed by atoms with Crippen molar-refractivity contribution < 1.29 is 9.59 Å². The molecule has 0 saturated carbocycles. The molecule has 2 heterocycles. The monoisotopic (exact) mass is 700 g/mol. The fraction of sp³-hybridized carbons (Fsp3) is 0.120. The van der Waals surface area contributed by atoms with E-state index in [1.165, 1.54) is 22.3 Å². The summed E-state index contributed by atoms with van der Waals surface area (Å²) in [5.74, 6) is -0.376. The number of anilines is 6. The van der Waals surface area contributed by atoms with Crippen molar-refractivity contribution in [2.45, 2.75) is 38.5 Å². The van der Waals surface area contributed by atoms with Gasteiger partial charge in [0.05, 0.1) is 22.7 Å². The standard InChI is InChI=1S/C50H40N2O2/c1-49(2)39-17-7-11-21-43(39)51(44-22-12-8-18-40(44)49)35-29-25-33(26-30-35)47(53)37-15-5-6-16-38(37)48(54)34-27-31-36(32-28-34)52-45-23-13-9-19-41(45)50(3,4)42-20-10-14-24-46(42)52/h5-32H,1-4H3. The molecule has 0 atom stereocenters. The van der Waals surface area contributed by atoms with Crippen LogP contribution < -0.4 is 9.80 Å². The number of rotatable bonds is 6. The van der Waals surface area contributed by atoms with E-state index in [1.807, 2.05) is 60.7 Å². The number of hydrogen-bond donors (Lipinski definition) is 0. The number of carbonyl (C=O) groups excluding carboxylic acids is 2. The second-order valence-corrected chi connectivity index (χ2v) is 15.3. The van der Waals surface area contributed by atoms with Gasteiger partial charge in [-0.3, -0.25) is 9.59 Å². The summed E-state index contributed by atoms with van der Waals surface area (Å²) in [6.45, 7) is 9.07. The summed E-state index contributed by atoms with van der Waals surface area (Å²) < 4.78 is 0. The van der Waals surface area contributed by atoms with Crippen molar-refractivity contribution in [2.75, 3.05) is 9.80 Å². The lowest BCUT2D eigenvalue weighted by molar-refractivity contribution is 0.100. The van der Waals surface area contributed by atoms with Crippen molar-refractivity contribution in [3.8, 4) is 0 Å². The van der Waals surface area contributed by atoms with E-state index in [-0.39, 0.29) is 22.4 Å². The molecule has 0 aliphatic carbocycles. The van der Waals surface area contributed by atoms with Gasteiger partial charge in [-0.2, -0.15) is 0 Å². The Labute approximate surface area is 317 Å². The van der Waals surface area contributed by atoms with Gasteiger partial charge >= 0.3 is 0 Å². The number of benzene rings is 7. The molecule has 7 aromatic carbocycles. The summed E-state index contributed by atoms with van der Waals surface area (Å²) in [5.41, 5.74) is 12.9. The van der Waals surface area contributed by atoms with E-state index in [1.54, 1.807) is 12.1 Å². The van der Waals surface area contributed by atoms with Gasteiger partial charge in [0.1, 0.15) is 0 Å². The van der Waals surface area contributed by atoms with Gasteiger partial charge in [-0.25, -0.2) is 0 Å². The first-order valence-corrected chi connectivity index (χ1v) is 18.5. The van der Waals surface area contributed by atoms with Crippen molar-refractivity contribution in [2.24, 2.45) is 0 Å². The summed E-state index contributed by atoms with van der Waals surface area (Å²) in [5, 5.41) is 0. The summed E-state index contributed by atoms with van der Waals surface area (Å²) in [4.78, 5) is 32.8. The van der Waals surface area contributed by atoms with Gasteiger partial charge in [0, 0.05) is 44.5 Å². The Kier molecular flexibility index (Phi) is 7.75. The maximum atomic E-state index is 14.1. The largest absolute Gasteiger partial charge is 0.310 e. The molecule has 0 unspecified atom stereocenters. The van der Waals surface area contributed by atoms with Gasteiger partial charge < -0.3 is 9.80 Å². The van der Waals surface area contributed by atoms with E-state index >= 15 is 0 Å². The quantitative estimate of drug-likeness (QED) is 0.162. The molecule has 0 amide bonds. The van der Waals surface area contributed by atoms with Crippen LogP contribution in [-0.4, -0.2) is 11.6 Å². The normalized spacial score (nSPS) is 14.7. The Bertz CT molecular complexity index is 2320. The Hall–Kier alpha value is -6.52. The van der Waals surface area contributed by atoms with E-state index in [0.717, 1.165) is 34.1 Å². The molecule has 2 aliphatic heterocycles. The minimum atomic E-state index is -0.188. The third kappa shape index (κ3) is 5.13. The lowest BCUT2D eigenvalue weighted by Crippen LogP contribution is -2.30. The number of para-hydroxylation sites is 4. The molecule has 0 spiro atoms. The van der Waals surface area contributed by atoms with Crippen LogP contribution in [0, 0.1) is 0 Å². The van der Waals surface area contributed by atoms with Crippen LogP contribution in [0.2, 0.25) is 0 Å². The SMILES string of the molecule is CC1(C)c2ccccc2N(c2ccc(C(=O)c3ccccc3C(=O)c3ccc(N4c5ccccc5C(C)(C)c5ccccc54)cc3)cc2)c2ccccc21. The molecule has 7 aromatic rings. The van der Waals surface area contributed by atoms with Crippen molar-refractivity contribution in [3.05, 3.63) is 214 Å². The molecule has 0 N–H and O–H groups in total. The summed E-state index contributed by atoms with van der Waals surface area (Å²) in [6, 6.07) is 56.7. The van der Waals surface area contributed by atoms with E-state index in [4.69, 9.17) is 0 Å². The van der Waals surface area contributed by atoms with E-state index in [9.17, 15) is 9.59 Å². The molecule has 0 bridgehead atoms. The van der Waals surface area contributed by atoms with Crippen molar-refractivity contribution >= 4 is 45.7 Å². The van der Waals surface area contributed by atoms with Gasteiger partial charge in [0.2, 0.25) is 0 Å². The fourth-order valence-electron chi connectivity index (χ4n) is 8.61. The molecule has 262 valence electrons. The highest BCUT2D eigenvalue weighted by Crippen LogP contribution is 2.53. The third-order valence-corrected chi connectivity index (χ3v) is 11.5. The molecular formula is C50H40N2O2. The Morgan fingerprint density at radius 3 is 0.907 bits per heavy atom. The zero-order valence-corrected chi connectivity index (χ0v) is 30.9. The lowest BCUT2D eigenvalue weighted by atomic mass is 9.73. The summed E-state index contributed by atoms with van der Waals surface area (Å²) >= 11 is 0. The van der Waals surface area contributed by atoms with Gasteiger partial charge in [-0.05, 0) is 95.1 Å². The zero-order valence-electron chi connectivity index (χ0n) is 30.9. The number of ketones is 2. The smallest absolute Gasteiger partial charge is 0.193 e. The first-order chi connectivity index (χ1) is 26.2. The highest BCUT2D eigenvalue weighted by atomic mass is 16.1. The van der Waals surface area contributed by atoms with Gasteiger partial charge in [-0.15, -0.1) is 0 Å². The van der Waals surface area contributed by atoms with Crippen LogP contribution in [0.3, 0.4) is 0 Å². The average molecular weight is 701 g/mol. The summed E-state index contributed by atoms with van der Waals surface area (Å²) in [6.07, 6.45) is 0. The predicted molar refractivity (Wildman–Crippen MR) is 220 cm³/mol. The van der Waals surface area contributed by atoms with Crippen LogP contribution in [0.1, 0.15) is 81.8 Å². The van der Waals surface area contributed by atoms with Crippen LogP contribution in [0.25, 0.3) is 0 Å². The number of hydrogen-bond acceptors (Lipinski definition) is 4. The van der Waals surface area contributed by atoms with Crippen molar-refractivity contribution in [1.29, 1.82) is 0 Å². The summed E-state index contributed by atoms with van der Waals surface area (Å²) in [7, 11) is 0. The first-order valence-electron chi connectivity index (χ1n) is 18.5. The molecule has 2 aliphatic rings. The molecule has 0 saturated heterocycles. The second kappa shape index (κ2) is 12.6. The van der Waals surface area contributed by atoms with Gasteiger partial charge in [-0.1, -0.05) is 125 Å². The molecular weight excluding hydrogens is 661 g/mol. The van der Waals surface area contributed by atoms with Gasteiger partial charge in [0.25, 0.3) is 0 Å². The topological polar surface area (TPSA) is 40.6 Å². The van der Waals surface area contributed by atoms with Gasteiger partial charge in [0.15, 0.2) is 11.6 Å². The maximum absolute atomic E-state index is 14.1. The van der Waals surface area contributed by atoms with Crippen LogP contribution in [0.5, 0.6) is 0 Å². The van der Waals surface area contributed by atoms with Crippen LogP contribution in [-0.2, 0) is 10.8 Å². The molecule has 4 nitrogen and oxygen atoms in total. The van der Waals surface area contributed by atoms with E-state index in [0.29, 0.717) is 22.3 Å². The lowest BCUT2D eigenvalue weighted by Gasteiger charge is -2.42. The zero-order chi connectivity index (χ0) is 37.2. The minimum Gasteiger partial charge on any atom is -0.310 e. The molecule has 0 radical (unpaired) electrons. The van der Waals surface area contributed by atoms with Crippen molar-refractivity contribution in [3.63, 3.8) is 0 Å². The molecule has 9 rings (SSSR count). The molecule has 4 heteroatoms. The average Bonchev–Trinajstić information content (AvgIpc) is 3.21. The predicted octanol–water partition coefficient (Wildman–Crippen LogP) is 12.4. The second-order valence-electron chi connectivity index (χ2n) is 15.3. The van der Waals surface area contributed by atoms with Crippen LogP contribution in [0.15, 0.2) is 170 Å². The number of carbonyl (C=O) groups is 2. The molecule has 0 aromatic heterocycles. The highest BCUT2D eigenvalue weighted by Gasteiger charge is 2.38. The van der Waals surface area contributed by atoms with Crippen molar-refractivity contribution in [1.82, 2.24) is 0 Å². The highest BCUT2D eigenvalue weighted by molar-refractivity contribution is 6.19. The molecule has 0 fully saturated rings. The number of nitrogens with zero attached hydrogens (tertiary/aromatic N) is 2. The minimum absolute atomic E-state index is 0.155. The van der Waals surface area contributed by atoms with Crippen LogP contribution >= 0.6 is 0 Å². The third-order valence-electron chi connectivity index (χ3n) is 11.5. The fourth-order valence-corrected chi connectivity index (χ4v) is 8.61. The van der Waals surface area contributed by atoms with E-state index < -0.39 is 0 Å². The Balaban J connectivity index is 1.02. The van der Waals surface area contributed by atoms with Crippen LogP contribution in [0.4, 0.5) is 34.1 Å². The first kappa shape index (κ1) is 33.3. The molecule has 54 heavy (non-hydrogen) atoms. The number of fused-ring (bicyclic) bond motifs is 4. The van der Waals surface area contributed by atoms with E-state index in [2.05, 4.69) is 135 Å².